The van der Waals surface area contributed by atoms with Crippen molar-refractivity contribution >= 4 is 28.3 Å². The Labute approximate surface area is 257 Å². The quantitative estimate of drug-likeness (QED) is 0.282. The topological polar surface area (TPSA) is 101 Å². The molecule has 1 aliphatic heterocycles. The van der Waals surface area contributed by atoms with Crippen LogP contribution in [0.5, 0.6) is 17.2 Å². The Hall–Kier alpha value is -4.98. The van der Waals surface area contributed by atoms with Gasteiger partial charge < -0.3 is 29.4 Å². The predicted octanol–water partition coefficient (Wildman–Crippen LogP) is 4.84. The van der Waals surface area contributed by atoms with Crippen LogP contribution < -0.4 is 35.0 Å². The molecule has 5 rings (SSSR count). The standard InChI is InChI=1S/C31H33F3N6O5/c1-19(28-36-25-17-20(32)5-11-24(25)29(41)40(28)38-15-13-37(2)14-16-38)39(26-12-10-23(43-3)18-27(26)44-4)31(42)35-21-6-8-22(9-7-21)45-30(33)34/h5-12,17-19,30H,13-16H2,1-4H3,(H,35,42). The Morgan fingerprint density at radius 1 is 0.956 bits per heavy atom. The zero-order chi connectivity index (χ0) is 32.2. The minimum Gasteiger partial charge on any atom is -0.497 e. The Bertz CT molecular complexity index is 1730. The summed E-state index contributed by atoms with van der Waals surface area (Å²) in [5.41, 5.74) is 0.350. The molecule has 0 spiro atoms. The first-order valence-electron chi connectivity index (χ1n) is 14.1. The van der Waals surface area contributed by atoms with Crippen LogP contribution in [0.25, 0.3) is 10.9 Å². The van der Waals surface area contributed by atoms with Crippen LogP contribution >= 0.6 is 0 Å². The van der Waals surface area contributed by atoms with Crippen molar-refractivity contribution in [2.24, 2.45) is 0 Å². The number of carbonyl (C=O) groups is 1. The van der Waals surface area contributed by atoms with Crippen LogP contribution in [0.15, 0.2) is 65.5 Å². The molecule has 1 fully saturated rings. The monoisotopic (exact) mass is 626 g/mol. The van der Waals surface area contributed by atoms with E-state index in [1.54, 1.807) is 25.1 Å². The normalized spacial score (nSPS) is 14.4. The lowest BCUT2D eigenvalue weighted by molar-refractivity contribution is -0.0498. The number of halogens is 3. The average Bonchev–Trinajstić information content (AvgIpc) is 3.02. The summed E-state index contributed by atoms with van der Waals surface area (Å²) in [6.45, 7) is 1.09. The number of nitrogens with zero attached hydrogens (tertiary/aromatic N) is 5. The smallest absolute Gasteiger partial charge is 0.387 e. The van der Waals surface area contributed by atoms with Crippen molar-refractivity contribution in [1.29, 1.82) is 0 Å². The number of hydrogen-bond acceptors (Lipinski definition) is 8. The Morgan fingerprint density at radius 3 is 2.29 bits per heavy atom. The molecule has 1 N–H and O–H groups in total. The van der Waals surface area contributed by atoms with E-state index in [2.05, 4.69) is 15.0 Å². The van der Waals surface area contributed by atoms with E-state index >= 15 is 0 Å². The van der Waals surface area contributed by atoms with E-state index in [0.717, 1.165) is 0 Å². The number of aromatic nitrogens is 2. The lowest BCUT2D eigenvalue weighted by Crippen LogP contribution is -2.55. The van der Waals surface area contributed by atoms with Crippen molar-refractivity contribution in [2.45, 2.75) is 19.6 Å². The van der Waals surface area contributed by atoms with Crippen molar-refractivity contribution in [3.8, 4) is 17.2 Å². The highest BCUT2D eigenvalue weighted by molar-refractivity contribution is 6.03. The van der Waals surface area contributed by atoms with Gasteiger partial charge in [-0.05, 0) is 62.5 Å². The van der Waals surface area contributed by atoms with Gasteiger partial charge in [0.1, 0.15) is 23.1 Å². The summed E-state index contributed by atoms with van der Waals surface area (Å²) in [6.07, 6.45) is 0. The van der Waals surface area contributed by atoms with Crippen LogP contribution in [0.3, 0.4) is 0 Å². The molecule has 0 radical (unpaired) electrons. The summed E-state index contributed by atoms with van der Waals surface area (Å²) in [5.74, 6) is 0.325. The van der Waals surface area contributed by atoms with Crippen LogP contribution in [0.1, 0.15) is 18.8 Å². The number of nitrogens with one attached hydrogen (secondary N) is 1. The van der Waals surface area contributed by atoms with Crippen LogP contribution in [-0.4, -0.2) is 74.6 Å². The van der Waals surface area contributed by atoms with Gasteiger partial charge >= 0.3 is 12.6 Å². The molecule has 2 heterocycles. The largest absolute Gasteiger partial charge is 0.497 e. The van der Waals surface area contributed by atoms with E-state index in [1.807, 2.05) is 12.1 Å². The minimum atomic E-state index is -3.00. The van der Waals surface area contributed by atoms with Gasteiger partial charge in [0.15, 0.2) is 5.82 Å². The van der Waals surface area contributed by atoms with E-state index in [0.29, 0.717) is 37.6 Å². The lowest BCUT2D eigenvalue weighted by Gasteiger charge is -2.38. The molecule has 45 heavy (non-hydrogen) atoms. The van der Waals surface area contributed by atoms with Crippen molar-refractivity contribution in [3.05, 3.63) is 82.7 Å². The fourth-order valence-electron chi connectivity index (χ4n) is 5.20. The molecule has 0 aliphatic carbocycles. The van der Waals surface area contributed by atoms with Gasteiger partial charge in [0, 0.05) is 44.0 Å². The number of anilines is 2. The second-order valence-corrected chi connectivity index (χ2v) is 10.4. The molecule has 4 aromatic rings. The zero-order valence-corrected chi connectivity index (χ0v) is 25.2. The van der Waals surface area contributed by atoms with Gasteiger partial charge in [-0.15, -0.1) is 0 Å². The molecular weight excluding hydrogens is 593 g/mol. The average molecular weight is 627 g/mol. The van der Waals surface area contributed by atoms with Crippen molar-refractivity contribution < 1.29 is 32.2 Å². The first-order valence-corrected chi connectivity index (χ1v) is 14.1. The zero-order valence-electron chi connectivity index (χ0n) is 25.2. The maximum absolute atomic E-state index is 14.3. The first-order chi connectivity index (χ1) is 21.6. The van der Waals surface area contributed by atoms with E-state index in [9.17, 15) is 22.8 Å². The predicted molar refractivity (Wildman–Crippen MR) is 164 cm³/mol. The Morgan fingerprint density at radius 2 is 1.64 bits per heavy atom. The molecule has 1 aromatic heterocycles. The third-order valence-corrected chi connectivity index (χ3v) is 7.55. The van der Waals surface area contributed by atoms with Gasteiger partial charge in [0.05, 0.1) is 36.9 Å². The van der Waals surface area contributed by atoms with Crippen molar-refractivity contribution in [3.63, 3.8) is 0 Å². The van der Waals surface area contributed by atoms with Gasteiger partial charge in [0.25, 0.3) is 5.56 Å². The van der Waals surface area contributed by atoms with Crippen LogP contribution in [0.2, 0.25) is 0 Å². The van der Waals surface area contributed by atoms with E-state index in [4.69, 9.17) is 14.5 Å². The van der Waals surface area contributed by atoms with Gasteiger partial charge in [-0.2, -0.15) is 8.78 Å². The third-order valence-electron chi connectivity index (χ3n) is 7.55. The summed E-state index contributed by atoms with van der Waals surface area (Å²) in [7, 11) is 4.92. The van der Waals surface area contributed by atoms with Gasteiger partial charge in [-0.25, -0.2) is 18.8 Å². The fourth-order valence-corrected chi connectivity index (χ4v) is 5.20. The number of urea groups is 1. The SMILES string of the molecule is COc1ccc(N(C(=O)Nc2ccc(OC(F)F)cc2)C(C)c2nc3cc(F)ccc3c(=O)n2N2CCN(C)CC2)c(OC)c1. The van der Waals surface area contributed by atoms with Gasteiger partial charge in [-0.3, -0.25) is 9.69 Å². The minimum absolute atomic E-state index is 0.0752. The Balaban J connectivity index is 1.64. The summed E-state index contributed by atoms with van der Waals surface area (Å²) in [4.78, 5) is 36.4. The number of benzene rings is 3. The number of hydrogen-bond donors (Lipinski definition) is 1. The number of alkyl halides is 2. The second-order valence-electron chi connectivity index (χ2n) is 10.4. The summed E-state index contributed by atoms with van der Waals surface area (Å²) in [6, 6.07) is 12.6. The van der Waals surface area contributed by atoms with Crippen LogP contribution in [0, 0.1) is 5.82 Å². The maximum atomic E-state index is 14.3. The number of likely N-dealkylation sites (N-methyl/N-ethyl adjacent to an activating group) is 1. The van der Waals surface area contributed by atoms with Gasteiger partial charge in [0.2, 0.25) is 0 Å². The molecule has 14 heteroatoms. The summed E-state index contributed by atoms with van der Waals surface area (Å²) < 4.78 is 56.5. The second kappa shape index (κ2) is 13.3. The molecule has 1 atom stereocenters. The molecule has 2 amide bonds. The van der Waals surface area contributed by atoms with E-state index < -0.39 is 30.1 Å². The first kappa shape index (κ1) is 31.4. The van der Waals surface area contributed by atoms with Crippen molar-refractivity contribution in [2.75, 3.05) is 62.7 Å². The number of carbonyl (C=O) groups excluding carboxylic acids is 1. The lowest BCUT2D eigenvalue weighted by atomic mass is 10.1. The highest BCUT2D eigenvalue weighted by atomic mass is 19.3. The number of rotatable bonds is 9. The highest BCUT2D eigenvalue weighted by Gasteiger charge is 2.32. The molecule has 11 nitrogen and oxygen atoms in total. The molecule has 1 unspecified atom stereocenters. The van der Waals surface area contributed by atoms with E-state index in [1.165, 1.54) is 66.3 Å². The number of piperazine rings is 1. The number of ether oxygens (including phenoxy) is 3. The number of methoxy groups -OCH3 is 2. The summed E-state index contributed by atoms with van der Waals surface area (Å²) in [5, 5.41) is 4.88. The molecule has 3 aromatic carbocycles. The van der Waals surface area contributed by atoms with E-state index in [-0.39, 0.29) is 33.9 Å². The molecule has 238 valence electrons. The third kappa shape index (κ3) is 6.75. The van der Waals surface area contributed by atoms with Gasteiger partial charge in [-0.1, -0.05) is 0 Å². The van der Waals surface area contributed by atoms with Crippen molar-refractivity contribution in [1.82, 2.24) is 14.6 Å². The maximum Gasteiger partial charge on any atom is 0.387 e. The molecule has 1 aliphatic rings. The fraction of sp³-hybridized carbons (Fsp3) is 0.323. The van der Waals surface area contributed by atoms with Crippen LogP contribution in [-0.2, 0) is 0 Å². The molecule has 1 saturated heterocycles. The molecule has 0 bridgehead atoms. The Kier molecular flexibility index (Phi) is 9.32. The molecular formula is C31H33F3N6O5. The summed E-state index contributed by atoms with van der Waals surface area (Å²) >= 11 is 0. The molecule has 0 saturated carbocycles. The number of amides is 2. The number of fused-ring (bicyclic) bond motifs is 1. The van der Waals surface area contributed by atoms with Crippen LogP contribution in [0.4, 0.5) is 29.3 Å². The highest BCUT2D eigenvalue weighted by Crippen LogP contribution is 2.37.